The standard InChI is InChI=1S/C27H38N2O4/c1-32-21-7-8-22(24(14-21)33-2)23-5-4-10-29(23)25(30)6-3-9-28-26(31)27-15-18-11-19(16-27)13-20(12-18)17-27/h7-8,14,18-20,23H,3-6,9-13,15-17H2,1-2H3,(H,28,31)/t18?,19?,20?,23-,27?/m0/s1. The number of nitrogens with one attached hydrogen (secondary N) is 1. The topological polar surface area (TPSA) is 67.9 Å². The number of ether oxygens (including phenoxy) is 2. The summed E-state index contributed by atoms with van der Waals surface area (Å²) in [5, 5.41) is 3.22. The van der Waals surface area contributed by atoms with Gasteiger partial charge in [0, 0.05) is 36.6 Å². The Kier molecular flexibility index (Phi) is 6.28. The van der Waals surface area contributed by atoms with Crippen LogP contribution in [0.1, 0.15) is 75.8 Å². The largest absolute Gasteiger partial charge is 0.497 e. The minimum absolute atomic E-state index is 0.0416. The smallest absolute Gasteiger partial charge is 0.226 e. The molecule has 0 radical (unpaired) electrons. The maximum atomic E-state index is 13.1. The molecule has 5 aliphatic rings. The van der Waals surface area contributed by atoms with Gasteiger partial charge < -0.3 is 19.7 Å². The molecule has 5 fully saturated rings. The SMILES string of the molecule is COc1ccc([C@@H]2CCCN2C(=O)CCCNC(=O)C23CC4CC(CC(C4)C2)C3)c(OC)c1. The number of benzene rings is 1. The van der Waals surface area contributed by atoms with Crippen molar-refractivity contribution < 1.29 is 19.1 Å². The number of carbonyl (C=O) groups is 2. The van der Waals surface area contributed by atoms with Crippen LogP contribution < -0.4 is 14.8 Å². The van der Waals surface area contributed by atoms with Crippen LogP contribution in [0.2, 0.25) is 0 Å². The van der Waals surface area contributed by atoms with Crippen molar-refractivity contribution in [1.29, 1.82) is 0 Å². The molecule has 1 aromatic rings. The summed E-state index contributed by atoms with van der Waals surface area (Å²) in [6.07, 6.45) is 10.4. The minimum Gasteiger partial charge on any atom is -0.497 e. The molecule has 1 N–H and O–H groups in total. The minimum atomic E-state index is -0.107. The summed E-state index contributed by atoms with van der Waals surface area (Å²) in [6.45, 7) is 1.37. The van der Waals surface area contributed by atoms with Crippen LogP contribution in [0.5, 0.6) is 11.5 Å². The maximum absolute atomic E-state index is 13.1. The average molecular weight is 455 g/mol. The van der Waals surface area contributed by atoms with Gasteiger partial charge in [-0.15, -0.1) is 0 Å². The molecule has 6 heteroatoms. The Labute approximate surface area is 197 Å². The second-order valence-electron chi connectivity index (χ2n) is 10.9. The summed E-state index contributed by atoms with van der Waals surface area (Å²) in [5.74, 6) is 4.25. The molecule has 0 spiro atoms. The van der Waals surface area contributed by atoms with Gasteiger partial charge in [0.25, 0.3) is 0 Å². The van der Waals surface area contributed by atoms with Crippen molar-refractivity contribution >= 4 is 11.8 Å². The van der Waals surface area contributed by atoms with E-state index in [2.05, 4.69) is 5.32 Å². The lowest BCUT2D eigenvalue weighted by Gasteiger charge is -2.55. The monoisotopic (exact) mass is 454 g/mol. The molecule has 1 heterocycles. The molecular weight excluding hydrogens is 416 g/mol. The second kappa shape index (κ2) is 9.19. The first-order chi connectivity index (χ1) is 16.0. The fourth-order valence-electron chi connectivity index (χ4n) is 7.64. The molecule has 2 amide bonds. The van der Waals surface area contributed by atoms with Crippen LogP contribution in [0.4, 0.5) is 0 Å². The Morgan fingerprint density at radius 3 is 2.39 bits per heavy atom. The van der Waals surface area contributed by atoms with Crippen LogP contribution in [-0.4, -0.2) is 44.0 Å². The quantitative estimate of drug-likeness (QED) is 0.588. The Morgan fingerprint density at radius 2 is 1.76 bits per heavy atom. The van der Waals surface area contributed by atoms with E-state index < -0.39 is 0 Å². The maximum Gasteiger partial charge on any atom is 0.226 e. The van der Waals surface area contributed by atoms with Gasteiger partial charge in [-0.3, -0.25) is 9.59 Å². The van der Waals surface area contributed by atoms with Crippen LogP contribution >= 0.6 is 0 Å². The van der Waals surface area contributed by atoms with E-state index in [1.54, 1.807) is 14.2 Å². The van der Waals surface area contributed by atoms with Crippen LogP contribution in [0.25, 0.3) is 0 Å². The summed E-state index contributed by atoms with van der Waals surface area (Å²) < 4.78 is 10.9. The Morgan fingerprint density at radius 1 is 1.06 bits per heavy atom. The van der Waals surface area contributed by atoms with E-state index >= 15 is 0 Å². The van der Waals surface area contributed by atoms with Crippen molar-refractivity contribution in [3.05, 3.63) is 23.8 Å². The number of likely N-dealkylation sites (tertiary alicyclic amines) is 1. The van der Waals surface area contributed by atoms with Crippen molar-refractivity contribution in [2.24, 2.45) is 23.2 Å². The van der Waals surface area contributed by atoms with Gasteiger partial charge in [-0.25, -0.2) is 0 Å². The number of rotatable bonds is 8. The highest BCUT2D eigenvalue weighted by Gasteiger charge is 2.54. The van der Waals surface area contributed by atoms with Gasteiger partial charge in [0.15, 0.2) is 0 Å². The normalized spacial score (nSPS) is 32.1. The molecule has 6 nitrogen and oxygen atoms in total. The Balaban J connectivity index is 1.13. The van der Waals surface area contributed by atoms with E-state index in [1.807, 2.05) is 23.1 Å². The number of hydrogen-bond acceptors (Lipinski definition) is 4. The molecule has 4 bridgehead atoms. The zero-order chi connectivity index (χ0) is 23.0. The summed E-state index contributed by atoms with van der Waals surface area (Å²) in [4.78, 5) is 28.2. The third-order valence-corrected chi connectivity index (χ3v) is 8.75. The van der Waals surface area contributed by atoms with E-state index in [0.717, 1.165) is 73.5 Å². The molecule has 1 aromatic carbocycles. The first kappa shape index (κ1) is 22.5. The zero-order valence-electron chi connectivity index (χ0n) is 20.1. The Hall–Kier alpha value is -2.24. The molecule has 180 valence electrons. The predicted molar refractivity (Wildman–Crippen MR) is 126 cm³/mol. The summed E-state index contributed by atoms with van der Waals surface area (Å²) >= 11 is 0. The third kappa shape index (κ3) is 4.33. The van der Waals surface area contributed by atoms with Crippen LogP contribution in [-0.2, 0) is 9.59 Å². The lowest BCUT2D eigenvalue weighted by atomic mass is 9.49. The predicted octanol–water partition coefficient (Wildman–Crippen LogP) is 4.48. The molecule has 0 unspecified atom stereocenters. The molecule has 6 rings (SSSR count). The molecule has 1 saturated heterocycles. The van der Waals surface area contributed by atoms with E-state index in [0.29, 0.717) is 19.4 Å². The van der Waals surface area contributed by atoms with Crippen molar-refractivity contribution in [2.75, 3.05) is 27.3 Å². The summed E-state index contributed by atoms with van der Waals surface area (Å²) in [6, 6.07) is 5.87. The van der Waals surface area contributed by atoms with Gasteiger partial charge in [-0.05, 0) is 87.7 Å². The van der Waals surface area contributed by atoms with Crippen molar-refractivity contribution in [2.45, 2.75) is 70.3 Å². The van der Waals surface area contributed by atoms with Crippen molar-refractivity contribution in [1.82, 2.24) is 10.2 Å². The van der Waals surface area contributed by atoms with Gasteiger partial charge in [0.05, 0.1) is 20.3 Å². The summed E-state index contributed by atoms with van der Waals surface area (Å²) in [7, 11) is 3.30. The first-order valence-electron chi connectivity index (χ1n) is 12.8. The number of amides is 2. The molecular formula is C27H38N2O4. The molecule has 33 heavy (non-hydrogen) atoms. The zero-order valence-corrected chi connectivity index (χ0v) is 20.1. The number of carbonyl (C=O) groups excluding carboxylic acids is 2. The molecule has 1 atom stereocenters. The fourth-order valence-corrected chi connectivity index (χ4v) is 7.64. The number of methoxy groups -OCH3 is 2. The van der Waals surface area contributed by atoms with Crippen LogP contribution in [0.15, 0.2) is 18.2 Å². The van der Waals surface area contributed by atoms with Crippen molar-refractivity contribution in [3.63, 3.8) is 0 Å². The molecule has 1 aliphatic heterocycles. The molecule has 4 aliphatic carbocycles. The van der Waals surface area contributed by atoms with Gasteiger partial charge in [-0.2, -0.15) is 0 Å². The highest BCUT2D eigenvalue weighted by atomic mass is 16.5. The van der Waals surface area contributed by atoms with E-state index in [-0.39, 0.29) is 23.3 Å². The number of hydrogen-bond donors (Lipinski definition) is 1. The number of nitrogens with zero attached hydrogens (tertiary/aromatic N) is 1. The lowest BCUT2D eigenvalue weighted by molar-refractivity contribution is -0.146. The summed E-state index contributed by atoms with van der Waals surface area (Å²) in [5.41, 5.74) is 0.934. The highest BCUT2D eigenvalue weighted by molar-refractivity contribution is 5.83. The molecule has 0 aromatic heterocycles. The first-order valence-corrected chi connectivity index (χ1v) is 12.8. The van der Waals surface area contributed by atoms with Gasteiger partial charge >= 0.3 is 0 Å². The highest BCUT2D eigenvalue weighted by Crippen LogP contribution is 2.60. The van der Waals surface area contributed by atoms with E-state index in [4.69, 9.17) is 9.47 Å². The van der Waals surface area contributed by atoms with Crippen LogP contribution in [0.3, 0.4) is 0 Å². The van der Waals surface area contributed by atoms with Gasteiger partial charge in [0.1, 0.15) is 11.5 Å². The van der Waals surface area contributed by atoms with Gasteiger partial charge in [-0.1, -0.05) is 0 Å². The average Bonchev–Trinajstić information content (AvgIpc) is 3.30. The molecule has 4 saturated carbocycles. The van der Waals surface area contributed by atoms with Crippen molar-refractivity contribution in [3.8, 4) is 11.5 Å². The van der Waals surface area contributed by atoms with E-state index in [1.165, 1.54) is 19.3 Å². The van der Waals surface area contributed by atoms with E-state index in [9.17, 15) is 9.59 Å². The van der Waals surface area contributed by atoms with Gasteiger partial charge in [0.2, 0.25) is 11.8 Å². The van der Waals surface area contributed by atoms with Crippen LogP contribution in [0, 0.1) is 23.2 Å². The third-order valence-electron chi connectivity index (χ3n) is 8.75. The Bertz CT molecular complexity index is 863. The fraction of sp³-hybridized carbons (Fsp3) is 0.704. The second-order valence-corrected chi connectivity index (χ2v) is 10.9. The lowest BCUT2D eigenvalue weighted by Crippen LogP contribution is -2.53.